The van der Waals surface area contributed by atoms with Gasteiger partial charge in [-0.2, -0.15) is 5.10 Å². The summed E-state index contributed by atoms with van der Waals surface area (Å²) in [6, 6.07) is 5.93. The summed E-state index contributed by atoms with van der Waals surface area (Å²) in [6.07, 6.45) is 5.08. The maximum Gasteiger partial charge on any atom is 0.184 e. The molecule has 0 bridgehead atoms. The van der Waals surface area contributed by atoms with Crippen LogP contribution in [0.3, 0.4) is 0 Å². The van der Waals surface area contributed by atoms with Crippen molar-refractivity contribution in [3.63, 3.8) is 0 Å². The molecule has 2 aromatic heterocycles. The smallest absolute Gasteiger partial charge is 0.184 e. The molecule has 0 aromatic carbocycles. The van der Waals surface area contributed by atoms with Crippen LogP contribution in [0, 0.1) is 0 Å². The van der Waals surface area contributed by atoms with Gasteiger partial charge in [0.1, 0.15) is 0 Å². The van der Waals surface area contributed by atoms with Crippen LogP contribution in [0.4, 0.5) is 0 Å². The molecule has 0 aliphatic rings. The van der Waals surface area contributed by atoms with Crippen molar-refractivity contribution in [1.82, 2.24) is 20.2 Å². The van der Waals surface area contributed by atoms with E-state index < -0.39 is 0 Å². The predicted molar refractivity (Wildman–Crippen MR) is 68.8 cm³/mol. The van der Waals surface area contributed by atoms with Crippen LogP contribution < -0.4 is 0 Å². The molecule has 0 amide bonds. The Labute approximate surface area is 105 Å². The van der Waals surface area contributed by atoms with Crippen molar-refractivity contribution in [2.24, 2.45) is 0 Å². The average molecular weight is 248 g/mol. The number of thioether (sulfide) groups is 1. The summed E-state index contributed by atoms with van der Waals surface area (Å²) in [5.74, 6) is 1.74. The van der Waals surface area contributed by atoms with Crippen LogP contribution in [0.5, 0.6) is 0 Å². The maximum atomic E-state index is 4.43. The van der Waals surface area contributed by atoms with Gasteiger partial charge >= 0.3 is 0 Å². The van der Waals surface area contributed by atoms with Crippen molar-refractivity contribution in [2.75, 3.05) is 0 Å². The molecule has 1 N–H and O–H groups in total. The third-order valence-corrected chi connectivity index (χ3v) is 3.24. The van der Waals surface area contributed by atoms with Gasteiger partial charge in [0.15, 0.2) is 11.0 Å². The molecule has 4 nitrogen and oxygen atoms in total. The third-order valence-electron chi connectivity index (χ3n) is 2.35. The van der Waals surface area contributed by atoms with Crippen molar-refractivity contribution < 1.29 is 0 Å². The molecule has 2 rings (SSSR count). The van der Waals surface area contributed by atoms with Crippen LogP contribution in [0.1, 0.15) is 31.3 Å². The minimum Gasteiger partial charge on any atom is -0.260 e. The molecule has 0 aliphatic heterocycles. The van der Waals surface area contributed by atoms with Crippen LogP contribution >= 0.6 is 11.8 Å². The van der Waals surface area contributed by atoms with Gasteiger partial charge in [-0.15, -0.1) is 0 Å². The normalized spacial score (nSPS) is 10.6. The Balaban J connectivity index is 1.85. The quantitative estimate of drug-likeness (QED) is 0.799. The van der Waals surface area contributed by atoms with Gasteiger partial charge in [0.05, 0.1) is 5.69 Å². The van der Waals surface area contributed by atoms with Gasteiger partial charge < -0.3 is 0 Å². The van der Waals surface area contributed by atoms with E-state index in [0.29, 0.717) is 0 Å². The number of H-pyrrole nitrogens is 1. The summed E-state index contributed by atoms with van der Waals surface area (Å²) >= 11 is 1.64. The van der Waals surface area contributed by atoms with Crippen LogP contribution in [0.25, 0.3) is 0 Å². The molecule has 0 radical (unpaired) electrons. The fourth-order valence-electron chi connectivity index (χ4n) is 1.42. The van der Waals surface area contributed by atoms with Crippen molar-refractivity contribution in [3.05, 3.63) is 35.9 Å². The van der Waals surface area contributed by atoms with Crippen molar-refractivity contribution >= 4 is 11.8 Å². The van der Waals surface area contributed by atoms with Crippen molar-refractivity contribution in [1.29, 1.82) is 0 Å². The lowest BCUT2D eigenvalue weighted by Gasteiger charge is -1.96. The SMILES string of the molecule is CCCCc1n[nH]c(SCc2ccccn2)n1. The van der Waals surface area contributed by atoms with E-state index >= 15 is 0 Å². The van der Waals surface area contributed by atoms with Crippen molar-refractivity contribution in [3.8, 4) is 0 Å². The zero-order valence-corrected chi connectivity index (χ0v) is 10.7. The predicted octanol–water partition coefficient (Wildman–Crippen LogP) is 2.83. The third kappa shape index (κ3) is 3.85. The number of aryl methyl sites for hydroxylation is 1. The number of hydrogen-bond donors (Lipinski definition) is 1. The van der Waals surface area contributed by atoms with Gasteiger partial charge in [-0.05, 0) is 18.6 Å². The molecule has 90 valence electrons. The first kappa shape index (κ1) is 12.1. The molecule has 0 aliphatic carbocycles. The minimum absolute atomic E-state index is 0.823. The molecule has 0 saturated carbocycles. The first-order valence-corrected chi connectivity index (χ1v) is 6.81. The van der Waals surface area contributed by atoms with E-state index in [4.69, 9.17) is 0 Å². The topological polar surface area (TPSA) is 54.5 Å². The molecule has 2 aromatic rings. The van der Waals surface area contributed by atoms with Crippen LogP contribution in [0.15, 0.2) is 29.6 Å². The molecule has 5 heteroatoms. The Morgan fingerprint density at radius 2 is 2.29 bits per heavy atom. The Morgan fingerprint density at radius 1 is 1.35 bits per heavy atom. The highest BCUT2D eigenvalue weighted by molar-refractivity contribution is 7.98. The van der Waals surface area contributed by atoms with Crippen LogP contribution in [-0.4, -0.2) is 20.2 Å². The summed E-state index contributed by atoms with van der Waals surface area (Å²) < 4.78 is 0. The number of rotatable bonds is 6. The first-order valence-electron chi connectivity index (χ1n) is 5.82. The Morgan fingerprint density at radius 3 is 3.06 bits per heavy atom. The van der Waals surface area contributed by atoms with E-state index in [2.05, 4.69) is 27.1 Å². The van der Waals surface area contributed by atoms with Gasteiger partial charge in [0, 0.05) is 18.4 Å². The minimum atomic E-state index is 0.823. The molecule has 0 atom stereocenters. The number of unbranched alkanes of at least 4 members (excludes halogenated alkanes) is 1. The standard InChI is InChI=1S/C12H16N4S/c1-2-3-7-11-14-12(16-15-11)17-9-10-6-4-5-8-13-10/h4-6,8H,2-3,7,9H2,1H3,(H,14,15,16). The fraction of sp³-hybridized carbons (Fsp3) is 0.417. The molecular weight excluding hydrogens is 232 g/mol. The van der Waals surface area contributed by atoms with Gasteiger partial charge in [-0.1, -0.05) is 31.2 Å². The molecule has 17 heavy (non-hydrogen) atoms. The molecule has 0 spiro atoms. The molecule has 2 heterocycles. The van der Waals surface area contributed by atoms with Crippen LogP contribution in [-0.2, 0) is 12.2 Å². The van der Waals surface area contributed by atoms with Gasteiger partial charge in [-0.25, -0.2) is 4.98 Å². The second-order valence-corrected chi connectivity index (χ2v) is 4.73. The summed E-state index contributed by atoms with van der Waals surface area (Å²) in [5, 5.41) is 8.02. The number of pyridine rings is 1. The molecule has 0 unspecified atom stereocenters. The van der Waals surface area contributed by atoms with E-state index in [1.54, 1.807) is 11.8 Å². The Kier molecular flexibility index (Phi) is 4.55. The summed E-state index contributed by atoms with van der Waals surface area (Å²) in [7, 11) is 0. The number of hydrogen-bond acceptors (Lipinski definition) is 4. The number of nitrogens with zero attached hydrogens (tertiary/aromatic N) is 3. The first-order chi connectivity index (χ1) is 8.38. The lowest BCUT2D eigenvalue weighted by Crippen LogP contribution is -1.87. The number of aromatic amines is 1. The lowest BCUT2D eigenvalue weighted by atomic mass is 10.2. The Hall–Kier alpha value is -1.36. The van der Waals surface area contributed by atoms with Crippen molar-refractivity contribution in [2.45, 2.75) is 37.1 Å². The van der Waals surface area contributed by atoms with Crippen LogP contribution in [0.2, 0.25) is 0 Å². The van der Waals surface area contributed by atoms with E-state index in [0.717, 1.165) is 35.3 Å². The summed E-state index contributed by atoms with van der Waals surface area (Å²) in [4.78, 5) is 8.70. The highest BCUT2D eigenvalue weighted by atomic mass is 32.2. The lowest BCUT2D eigenvalue weighted by molar-refractivity contribution is 0.755. The Bertz CT molecular complexity index is 441. The zero-order valence-electron chi connectivity index (χ0n) is 9.89. The number of nitrogens with one attached hydrogen (secondary N) is 1. The van der Waals surface area contributed by atoms with E-state index in [1.807, 2.05) is 24.4 Å². The largest absolute Gasteiger partial charge is 0.260 e. The summed E-state index contributed by atoms with van der Waals surface area (Å²) in [5.41, 5.74) is 1.06. The monoisotopic (exact) mass is 248 g/mol. The highest BCUT2D eigenvalue weighted by Gasteiger charge is 2.03. The van der Waals surface area contributed by atoms with E-state index in [1.165, 1.54) is 6.42 Å². The highest BCUT2D eigenvalue weighted by Crippen LogP contribution is 2.17. The average Bonchev–Trinajstić information content (AvgIpc) is 2.83. The molecule has 0 saturated heterocycles. The molecular formula is C12H16N4S. The van der Waals surface area contributed by atoms with Gasteiger partial charge in [-0.3, -0.25) is 10.1 Å². The van der Waals surface area contributed by atoms with Gasteiger partial charge in [0.25, 0.3) is 0 Å². The zero-order chi connectivity index (χ0) is 11.9. The maximum absolute atomic E-state index is 4.43. The second kappa shape index (κ2) is 6.39. The fourth-order valence-corrected chi connectivity index (χ4v) is 2.15. The van der Waals surface area contributed by atoms with E-state index in [-0.39, 0.29) is 0 Å². The number of aromatic nitrogens is 4. The summed E-state index contributed by atoms with van der Waals surface area (Å²) in [6.45, 7) is 2.17. The molecule has 0 fully saturated rings. The van der Waals surface area contributed by atoms with Gasteiger partial charge in [0.2, 0.25) is 0 Å². The second-order valence-electron chi connectivity index (χ2n) is 3.77. The van der Waals surface area contributed by atoms with E-state index in [9.17, 15) is 0 Å².